The van der Waals surface area contributed by atoms with E-state index in [0.717, 1.165) is 13.1 Å². The van der Waals surface area contributed by atoms with E-state index in [4.69, 9.17) is 9.47 Å². The molecule has 1 aromatic rings. The molecule has 1 aliphatic heterocycles. The number of piperazine rings is 1. The molecule has 24 heavy (non-hydrogen) atoms. The maximum Gasteiger partial charge on any atom is 0.246 e. The lowest BCUT2D eigenvalue weighted by Crippen LogP contribution is -2.46. The molecule has 0 unspecified atom stereocenters. The summed E-state index contributed by atoms with van der Waals surface area (Å²) < 4.78 is 10.6. The minimum atomic E-state index is -0.266. The molecular weight excluding hydrogens is 308 g/mol. The number of nitrogens with zero attached hydrogens (tertiary/aromatic N) is 2. The van der Waals surface area contributed by atoms with Gasteiger partial charge in [0.15, 0.2) is 5.78 Å². The van der Waals surface area contributed by atoms with Gasteiger partial charge in [0.05, 0.1) is 19.3 Å². The number of methoxy groups -OCH3 is 1. The van der Waals surface area contributed by atoms with Crippen molar-refractivity contribution in [1.82, 2.24) is 9.80 Å². The Morgan fingerprint density at radius 3 is 2.50 bits per heavy atom. The van der Waals surface area contributed by atoms with E-state index in [0.29, 0.717) is 36.8 Å². The molecule has 0 atom stereocenters. The predicted octanol–water partition coefficient (Wildman–Crippen LogP) is 1.61. The lowest BCUT2D eigenvalue weighted by atomic mass is 10.1. The SMILES string of the molecule is CCOc1ccc(C(=O)C=CC(=O)N2CCN(C)CC2)c(OC)c1. The van der Waals surface area contributed by atoms with E-state index in [1.54, 1.807) is 23.1 Å². The molecule has 1 aliphatic rings. The number of rotatable bonds is 6. The third-order valence-electron chi connectivity index (χ3n) is 3.94. The number of benzene rings is 1. The second kappa shape index (κ2) is 8.49. The van der Waals surface area contributed by atoms with Crippen molar-refractivity contribution in [3.63, 3.8) is 0 Å². The summed E-state index contributed by atoms with van der Waals surface area (Å²) in [6.45, 7) is 5.48. The molecule has 0 aliphatic carbocycles. The first-order chi connectivity index (χ1) is 11.5. The molecule has 1 amide bonds. The van der Waals surface area contributed by atoms with Crippen molar-refractivity contribution in [3.8, 4) is 11.5 Å². The first-order valence-corrected chi connectivity index (χ1v) is 8.05. The smallest absolute Gasteiger partial charge is 0.246 e. The number of hydrogen-bond acceptors (Lipinski definition) is 5. The van der Waals surface area contributed by atoms with Crippen molar-refractivity contribution in [2.45, 2.75) is 6.92 Å². The Morgan fingerprint density at radius 2 is 1.88 bits per heavy atom. The summed E-state index contributed by atoms with van der Waals surface area (Å²) in [6.07, 6.45) is 2.64. The van der Waals surface area contributed by atoms with Gasteiger partial charge in [-0.05, 0) is 32.2 Å². The monoisotopic (exact) mass is 332 g/mol. The van der Waals surface area contributed by atoms with Gasteiger partial charge in [-0.1, -0.05) is 0 Å². The van der Waals surface area contributed by atoms with Gasteiger partial charge in [-0.25, -0.2) is 0 Å². The Kier molecular flexibility index (Phi) is 6.37. The van der Waals surface area contributed by atoms with E-state index in [2.05, 4.69) is 4.90 Å². The van der Waals surface area contributed by atoms with E-state index in [9.17, 15) is 9.59 Å². The third kappa shape index (κ3) is 4.58. The normalized spacial score (nSPS) is 15.5. The molecule has 1 fully saturated rings. The summed E-state index contributed by atoms with van der Waals surface area (Å²) in [7, 11) is 3.53. The van der Waals surface area contributed by atoms with Crippen LogP contribution in [0.4, 0.5) is 0 Å². The predicted molar refractivity (Wildman–Crippen MR) is 91.7 cm³/mol. The molecule has 6 nitrogen and oxygen atoms in total. The second-order valence-corrected chi connectivity index (χ2v) is 5.62. The summed E-state index contributed by atoms with van der Waals surface area (Å²) in [6, 6.07) is 5.04. The molecule has 1 aromatic carbocycles. The van der Waals surface area contributed by atoms with E-state index >= 15 is 0 Å². The highest BCUT2D eigenvalue weighted by atomic mass is 16.5. The molecule has 0 radical (unpaired) electrons. The van der Waals surface area contributed by atoms with Gasteiger partial charge in [0.2, 0.25) is 5.91 Å². The molecule has 0 N–H and O–H groups in total. The highest BCUT2D eigenvalue weighted by Crippen LogP contribution is 2.25. The summed E-state index contributed by atoms with van der Waals surface area (Å²) in [5.74, 6) is 0.671. The number of carbonyl (C=O) groups excluding carboxylic acids is 2. The molecule has 1 saturated heterocycles. The molecule has 0 spiro atoms. The Hall–Kier alpha value is -2.34. The van der Waals surface area contributed by atoms with Crippen LogP contribution in [-0.4, -0.2) is 68.4 Å². The quantitative estimate of drug-likeness (QED) is 0.585. The number of likely N-dealkylation sites (N-methyl/N-ethyl adjacent to an activating group) is 1. The minimum absolute atomic E-state index is 0.138. The van der Waals surface area contributed by atoms with Crippen LogP contribution in [0.15, 0.2) is 30.4 Å². The number of ether oxygens (including phenoxy) is 2. The van der Waals surface area contributed by atoms with Crippen LogP contribution < -0.4 is 9.47 Å². The van der Waals surface area contributed by atoms with Crippen molar-refractivity contribution >= 4 is 11.7 Å². The molecule has 0 bridgehead atoms. The summed E-state index contributed by atoms with van der Waals surface area (Å²) >= 11 is 0. The zero-order valence-corrected chi connectivity index (χ0v) is 14.4. The number of hydrogen-bond donors (Lipinski definition) is 0. The minimum Gasteiger partial charge on any atom is -0.496 e. The summed E-state index contributed by atoms with van der Waals surface area (Å²) in [5, 5.41) is 0. The van der Waals surface area contributed by atoms with E-state index < -0.39 is 0 Å². The van der Waals surface area contributed by atoms with Gasteiger partial charge in [0.25, 0.3) is 0 Å². The van der Waals surface area contributed by atoms with Crippen molar-refractivity contribution in [3.05, 3.63) is 35.9 Å². The fourth-order valence-corrected chi connectivity index (χ4v) is 2.50. The van der Waals surface area contributed by atoms with Gasteiger partial charge in [-0.3, -0.25) is 9.59 Å². The summed E-state index contributed by atoms with van der Waals surface area (Å²) in [5.41, 5.74) is 0.406. The maximum absolute atomic E-state index is 12.3. The molecule has 6 heteroatoms. The molecule has 0 saturated carbocycles. The van der Waals surface area contributed by atoms with Crippen LogP contribution in [0.5, 0.6) is 11.5 Å². The Morgan fingerprint density at radius 1 is 1.17 bits per heavy atom. The fraction of sp³-hybridized carbons (Fsp3) is 0.444. The van der Waals surface area contributed by atoms with Crippen molar-refractivity contribution in [2.75, 3.05) is 46.9 Å². The van der Waals surface area contributed by atoms with Gasteiger partial charge < -0.3 is 19.3 Å². The highest BCUT2D eigenvalue weighted by molar-refractivity contribution is 6.09. The van der Waals surface area contributed by atoms with Crippen molar-refractivity contribution in [1.29, 1.82) is 0 Å². The van der Waals surface area contributed by atoms with Gasteiger partial charge in [0.1, 0.15) is 11.5 Å². The second-order valence-electron chi connectivity index (χ2n) is 5.62. The molecule has 0 aromatic heterocycles. The molecule has 130 valence electrons. The van der Waals surface area contributed by atoms with E-state index in [1.807, 2.05) is 14.0 Å². The van der Waals surface area contributed by atoms with Crippen LogP contribution >= 0.6 is 0 Å². The average molecular weight is 332 g/mol. The fourth-order valence-electron chi connectivity index (χ4n) is 2.50. The first-order valence-electron chi connectivity index (χ1n) is 8.05. The van der Waals surface area contributed by atoms with Crippen LogP contribution in [-0.2, 0) is 4.79 Å². The number of amides is 1. The van der Waals surface area contributed by atoms with Crippen LogP contribution in [0.2, 0.25) is 0 Å². The largest absolute Gasteiger partial charge is 0.496 e. The maximum atomic E-state index is 12.3. The van der Waals surface area contributed by atoms with E-state index in [-0.39, 0.29) is 11.7 Å². The van der Waals surface area contributed by atoms with Gasteiger partial charge in [-0.2, -0.15) is 0 Å². The lowest BCUT2D eigenvalue weighted by Gasteiger charge is -2.31. The Balaban J connectivity index is 2.04. The van der Waals surface area contributed by atoms with Crippen LogP contribution in [0, 0.1) is 0 Å². The standard InChI is InChI=1S/C18H24N2O4/c1-4-24-14-5-6-15(17(13-14)23-3)16(21)7-8-18(22)20-11-9-19(2)10-12-20/h5-8,13H,4,9-12H2,1-3H3. The van der Waals surface area contributed by atoms with Crippen LogP contribution in [0.1, 0.15) is 17.3 Å². The lowest BCUT2D eigenvalue weighted by molar-refractivity contribution is -0.127. The van der Waals surface area contributed by atoms with Crippen LogP contribution in [0.25, 0.3) is 0 Å². The van der Waals surface area contributed by atoms with Gasteiger partial charge in [-0.15, -0.1) is 0 Å². The molecule has 2 rings (SSSR count). The van der Waals surface area contributed by atoms with Crippen molar-refractivity contribution in [2.24, 2.45) is 0 Å². The third-order valence-corrected chi connectivity index (χ3v) is 3.94. The molecular formula is C18H24N2O4. The average Bonchev–Trinajstić information content (AvgIpc) is 2.60. The first kappa shape index (κ1) is 18.0. The van der Waals surface area contributed by atoms with Gasteiger partial charge in [0, 0.05) is 38.3 Å². The Bertz CT molecular complexity index is 619. The Labute approximate surface area is 142 Å². The zero-order valence-electron chi connectivity index (χ0n) is 14.4. The summed E-state index contributed by atoms with van der Waals surface area (Å²) in [4.78, 5) is 28.4. The molecule has 1 heterocycles. The van der Waals surface area contributed by atoms with Crippen molar-refractivity contribution < 1.29 is 19.1 Å². The highest BCUT2D eigenvalue weighted by Gasteiger charge is 2.17. The van der Waals surface area contributed by atoms with Gasteiger partial charge >= 0.3 is 0 Å². The zero-order chi connectivity index (χ0) is 17.5. The number of allylic oxidation sites excluding steroid dienone is 1. The van der Waals surface area contributed by atoms with Crippen LogP contribution in [0.3, 0.4) is 0 Å². The number of carbonyl (C=O) groups is 2. The van der Waals surface area contributed by atoms with E-state index in [1.165, 1.54) is 19.3 Å². The topological polar surface area (TPSA) is 59.1 Å². The number of ketones is 1.